The average molecular weight is 222 g/mol. The van der Waals surface area contributed by atoms with Crippen LogP contribution in [-0.2, 0) is 0 Å². The summed E-state index contributed by atoms with van der Waals surface area (Å²) in [5.74, 6) is 0.744. The number of thiol groups is 1. The van der Waals surface area contributed by atoms with Gasteiger partial charge in [-0.2, -0.15) is 0 Å². The third-order valence-corrected chi connectivity index (χ3v) is 3.28. The van der Waals surface area contributed by atoms with Crippen LogP contribution >= 0.6 is 12.8 Å². The molecule has 82 valence electrons. The number of hydrogen-bond acceptors (Lipinski definition) is 3. The third-order valence-electron chi connectivity index (χ3n) is 3.09. The Kier molecular flexibility index (Phi) is 4.06. The first-order valence-corrected chi connectivity index (χ1v) is 6.00. The van der Waals surface area contributed by atoms with E-state index in [1.165, 1.54) is 18.4 Å². The molecule has 0 saturated carbocycles. The minimum Gasteiger partial charge on any atom is -0.310 e. The van der Waals surface area contributed by atoms with E-state index in [2.05, 4.69) is 53.2 Å². The van der Waals surface area contributed by atoms with Crippen LogP contribution in [0.15, 0.2) is 30.3 Å². The van der Waals surface area contributed by atoms with Crippen molar-refractivity contribution in [2.24, 2.45) is 5.92 Å². The molecular formula is C12H18N2S. The van der Waals surface area contributed by atoms with Crippen LogP contribution in [0.5, 0.6) is 0 Å². The summed E-state index contributed by atoms with van der Waals surface area (Å²) in [6.45, 7) is 2.12. The molecule has 2 atom stereocenters. The molecule has 1 aliphatic heterocycles. The molecule has 0 radical (unpaired) electrons. The Labute approximate surface area is 97.0 Å². The second-order valence-electron chi connectivity index (χ2n) is 4.17. The molecule has 1 fully saturated rings. The van der Waals surface area contributed by atoms with Gasteiger partial charge >= 0.3 is 0 Å². The van der Waals surface area contributed by atoms with Gasteiger partial charge in [-0.3, -0.25) is 4.72 Å². The normalized spacial score (nSPS) is 26.5. The van der Waals surface area contributed by atoms with Crippen molar-refractivity contribution < 1.29 is 0 Å². The number of rotatable bonds is 3. The number of benzene rings is 1. The van der Waals surface area contributed by atoms with E-state index >= 15 is 0 Å². The molecular weight excluding hydrogens is 204 g/mol. The molecule has 2 rings (SSSR count). The lowest BCUT2D eigenvalue weighted by Gasteiger charge is -2.30. The number of nitrogens with one attached hydrogen (secondary N) is 2. The standard InChI is InChI=1S/C12H18N2S/c15-14-9-10-6-7-13-12(8-10)11-4-2-1-3-5-11/h1-5,10,12-15H,6-9H2. The van der Waals surface area contributed by atoms with Gasteiger partial charge in [-0.1, -0.05) is 43.1 Å². The van der Waals surface area contributed by atoms with Crippen LogP contribution in [0, 0.1) is 5.92 Å². The Hall–Kier alpha value is -0.510. The highest BCUT2D eigenvalue weighted by Crippen LogP contribution is 2.26. The summed E-state index contributed by atoms with van der Waals surface area (Å²) in [7, 11) is 0. The van der Waals surface area contributed by atoms with Gasteiger partial charge in [0.05, 0.1) is 0 Å². The van der Waals surface area contributed by atoms with E-state index in [0.717, 1.165) is 19.0 Å². The first kappa shape index (κ1) is 11.0. The second-order valence-corrected chi connectivity index (χ2v) is 4.49. The van der Waals surface area contributed by atoms with Gasteiger partial charge in [0.25, 0.3) is 0 Å². The zero-order valence-corrected chi connectivity index (χ0v) is 9.71. The second kappa shape index (κ2) is 5.54. The molecule has 0 aliphatic carbocycles. The molecule has 0 bridgehead atoms. The van der Waals surface area contributed by atoms with E-state index in [4.69, 9.17) is 0 Å². The highest BCUT2D eigenvalue weighted by atomic mass is 32.1. The summed E-state index contributed by atoms with van der Waals surface area (Å²) in [6, 6.07) is 11.2. The van der Waals surface area contributed by atoms with Crippen LogP contribution in [0.4, 0.5) is 0 Å². The molecule has 1 heterocycles. The zero-order chi connectivity index (χ0) is 10.5. The average Bonchev–Trinajstić information content (AvgIpc) is 2.31. The van der Waals surface area contributed by atoms with Crippen molar-refractivity contribution in [1.29, 1.82) is 0 Å². The van der Waals surface area contributed by atoms with Crippen LogP contribution in [0.3, 0.4) is 0 Å². The van der Waals surface area contributed by atoms with Crippen molar-refractivity contribution in [3.05, 3.63) is 35.9 Å². The Morgan fingerprint density at radius 1 is 1.33 bits per heavy atom. The lowest BCUT2D eigenvalue weighted by Crippen LogP contribution is -2.34. The van der Waals surface area contributed by atoms with E-state index in [1.807, 2.05) is 0 Å². The van der Waals surface area contributed by atoms with Crippen LogP contribution in [0.1, 0.15) is 24.4 Å². The van der Waals surface area contributed by atoms with Crippen molar-refractivity contribution >= 4 is 12.8 Å². The minimum atomic E-state index is 0.520. The van der Waals surface area contributed by atoms with Crippen molar-refractivity contribution in [2.45, 2.75) is 18.9 Å². The zero-order valence-electron chi connectivity index (χ0n) is 8.82. The van der Waals surface area contributed by atoms with E-state index in [9.17, 15) is 0 Å². The van der Waals surface area contributed by atoms with Gasteiger partial charge < -0.3 is 5.32 Å². The summed E-state index contributed by atoms with van der Waals surface area (Å²) in [6.07, 6.45) is 2.45. The van der Waals surface area contributed by atoms with Crippen molar-refractivity contribution in [1.82, 2.24) is 10.0 Å². The predicted molar refractivity (Wildman–Crippen MR) is 66.9 cm³/mol. The number of hydrogen-bond donors (Lipinski definition) is 3. The summed E-state index contributed by atoms with van der Waals surface area (Å²) in [4.78, 5) is 0. The quantitative estimate of drug-likeness (QED) is 0.683. The van der Waals surface area contributed by atoms with Crippen LogP contribution in [0.25, 0.3) is 0 Å². The molecule has 15 heavy (non-hydrogen) atoms. The van der Waals surface area contributed by atoms with Crippen LogP contribution < -0.4 is 10.0 Å². The molecule has 1 saturated heterocycles. The predicted octanol–water partition coefficient (Wildman–Crippen LogP) is 2.16. The Bertz CT molecular complexity index is 287. The smallest absolute Gasteiger partial charge is 0.0323 e. The van der Waals surface area contributed by atoms with Crippen LogP contribution in [0.2, 0.25) is 0 Å². The minimum absolute atomic E-state index is 0.520. The molecule has 2 N–H and O–H groups in total. The highest BCUT2D eigenvalue weighted by molar-refractivity contribution is 7.78. The molecule has 3 heteroatoms. The first-order valence-electron chi connectivity index (χ1n) is 5.55. The van der Waals surface area contributed by atoms with Crippen LogP contribution in [-0.4, -0.2) is 13.1 Å². The van der Waals surface area contributed by atoms with E-state index < -0.39 is 0 Å². The molecule has 1 aliphatic rings. The molecule has 1 aromatic carbocycles. The highest BCUT2D eigenvalue weighted by Gasteiger charge is 2.21. The van der Waals surface area contributed by atoms with Gasteiger partial charge in [0.15, 0.2) is 0 Å². The van der Waals surface area contributed by atoms with E-state index in [1.54, 1.807) is 0 Å². The fourth-order valence-electron chi connectivity index (χ4n) is 2.25. The number of piperidine rings is 1. The lowest BCUT2D eigenvalue weighted by atomic mass is 9.89. The van der Waals surface area contributed by atoms with Gasteiger partial charge in [-0.05, 0) is 30.9 Å². The topological polar surface area (TPSA) is 24.1 Å². The fraction of sp³-hybridized carbons (Fsp3) is 0.500. The van der Waals surface area contributed by atoms with Gasteiger partial charge in [0.2, 0.25) is 0 Å². The SMILES string of the molecule is SNCC1CCNC(c2ccccc2)C1. The van der Waals surface area contributed by atoms with Gasteiger partial charge in [-0.15, -0.1) is 0 Å². The molecule has 1 aromatic rings. The maximum atomic E-state index is 4.08. The Morgan fingerprint density at radius 2 is 2.13 bits per heavy atom. The first-order chi connectivity index (χ1) is 7.40. The maximum absolute atomic E-state index is 4.08. The largest absolute Gasteiger partial charge is 0.310 e. The fourth-order valence-corrected chi connectivity index (χ4v) is 2.51. The molecule has 0 spiro atoms. The third kappa shape index (κ3) is 2.97. The lowest BCUT2D eigenvalue weighted by molar-refractivity contribution is 0.308. The Morgan fingerprint density at radius 3 is 2.87 bits per heavy atom. The van der Waals surface area contributed by atoms with Crippen molar-refractivity contribution in [2.75, 3.05) is 13.1 Å². The monoisotopic (exact) mass is 222 g/mol. The molecule has 2 nitrogen and oxygen atoms in total. The summed E-state index contributed by atoms with van der Waals surface area (Å²) >= 11 is 4.08. The van der Waals surface area contributed by atoms with E-state index in [-0.39, 0.29) is 0 Å². The van der Waals surface area contributed by atoms with Crippen molar-refractivity contribution in [3.63, 3.8) is 0 Å². The molecule has 0 aromatic heterocycles. The van der Waals surface area contributed by atoms with Gasteiger partial charge in [-0.25, -0.2) is 0 Å². The Balaban J connectivity index is 1.98. The summed E-state index contributed by atoms with van der Waals surface area (Å²) < 4.78 is 2.98. The molecule has 2 unspecified atom stereocenters. The summed E-state index contributed by atoms with van der Waals surface area (Å²) in [5.41, 5.74) is 1.40. The van der Waals surface area contributed by atoms with Gasteiger partial charge in [0.1, 0.15) is 0 Å². The molecule has 0 amide bonds. The van der Waals surface area contributed by atoms with Gasteiger partial charge in [0, 0.05) is 12.6 Å². The van der Waals surface area contributed by atoms with Crippen molar-refractivity contribution in [3.8, 4) is 0 Å². The summed E-state index contributed by atoms with van der Waals surface area (Å²) in [5, 5.41) is 3.57. The van der Waals surface area contributed by atoms with E-state index in [0.29, 0.717) is 6.04 Å². The maximum Gasteiger partial charge on any atom is 0.0323 e.